The van der Waals surface area contributed by atoms with Crippen molar-refractivity contribution in [3.63, 3.8) is 0 Å². The molecule has 1 heterocycles. The van der Waals surface area contributed by atoms with Gasteiger partial charge in [-0.2, -0.15) is 0 Å². The SMILES string of the molecule is CCOC(=O)Cc1c[nH]c(CCl)c(C(F)F)c1=O. The quantitative estimate of drug-likeness (QED) is 0.664. The van der Waals surface area contributed by atoms with Crippen molar-refractivity contribution >= 4 is 17.6 Å². The van der Waals surface area contributed by atoms with E-state index >= 15 is 0 Å². The summed E-state index contributed by atoms with van der Waals surface area (Å²) in [6, 6.07) is 0. The van der Waals surface area contributed by atoms with Crippen LogP contribution in [0.5, 0.6) is 0 Å². The second-order valence-corrected chi connectivity index (χ2v) is 3.72. The van der Waals surface area contributed by atoms with E-state index < -0.39 is 23.4 Å². The zero-order chi connectivity index (χ0) is 13.7. The van der Waals surface area contributed by atoms with Crippen molar-refractivity contribution in [3.05, 3.63) is 33.2 Å². The van der Waals surface area contributed by atoms with E-state index in [9.17, 15) is 18.4 Å². The fraction of sp³-hybridized carbons (Fsp3) is 0.455. The summed E-state index contributed by atoms with van der Waals surface area (Å²) in [5.74, 6) is -0.865. The molecule has 0 aliphatic heterocycles. The van der Waals surface area contributed by atoms with Crippen LogP contribution in [0.3, 0.4) is 0 Å². The van der Waals surface area contributed by atoms with E-state index in [1.54, 1.807) is 6.92 Å². The summed E-state index contributed by atoms with van der Waals surface area (Å²) < 4.78 is 30.1. The third kappa shape index (κ3) is 3.29. The fourth-order valence-electron chi connectivity index (χ4n) is 1.47. The minimum atomic E-state index is -2.94. The number of carbonyl (C=O) groups excluding carboxylic acids is 1. The zero-order valence-corrected chi connectivity index (χ0v) is 10.4. The molecule has 0 aliphatic carbocycles. The Balaban J connectivity index is 3.13. The number of hydrogen-bond acceptors (Lipinski definition) is 3. The Kier molecular flexibility index (Phi) is 5.27. The van der Waals surface area contributed by atoms with Crippen LogP contribution in [-0.2, 0) is 21.8 Å². The fourth-order valence-corrected chi connectivity index (χ4v) is 1.69. The summed E-state index contributed by atoms with van der Waals surface area (Å²) in [5, 5.41) is 0. The Bertz CT molecular complexity index is 488. The largest absolute Gasteiger partial charge is 0.466 e. The van der Waals surface area contributed by atoms with Gasteiger partial charge in [0.1, 0.15) is 0 Å². The van der Waals surface area contributed by atoms with E-state index in [-0.39, 0.29) is 30.2 Å². The van der Waals surface area contributed by atoms with Crippen LogP contribution in [0.1, 0.15) is 30.2 Å². The molecule has 0 spiro atoms. The molecule has 0 unspecified atom stereocenters. The molecular weight excluding hydrogens is 268 g/mol. The van der Waals surface area contributed by atoms with Gasteiger partial charge in [-0.05, 0) is 6.92 Å². The lowest BCUT2D eigenvalue weighted by Gasteiger charge is -2.08. The molecule has 18 heavy (non-hydrogen) atoms. The molecule has 0 saturated carbocycles. The normalized spacial score (nSPS) is 10.7. The van der Waals surface area contributed by atoms with Crippen LogP contribution in [-0.4, -0.2) is 17.6 Å². The molecule has 0 fully saturated rings. The topological polar surface area (TPSA) is 59.2 Å². The van der Waals surface area contributed by atoms with Crippen LogP contribution >= 0.6 is 11.6 Å². The van der Waals surface area contributed by atoms with Gasteiger partial charge in [-0.3, -0.25) is 9.59 Å². The molecule has 0 saturated heterocycles. The average molecular weight is 280 g/mol. The Morgan fingerprint density at radius 2 is 2.22 bits per heavy atom. The smallest absolute Gasteiger partial charge is 0.310 e. The molecule has 1 N–H and O–H groups in total. The monoisotopic (exact) mass is 279 g/mol. The van der Waals surface area contributed by atoms with Gasteiger partial charge in [-0.25, -0.2) is 8.78 Å². The summed E-state index contributed by atoms with van der Waals surface area (Å²) in [5.41, 5.74) is -1.65. The summed E-state index contributed by atoms with van der Waals surface area (Å²) in [7, 11) is 0. The van der Waals surface area contributed by atoms with Crippen molar-refractivity contribution in [2.24, 2.45) is 0 Å². The van der Waals surface area contributed by atoms with Gasteiger partial charge in [-0.15, -0.1) is 11.6 Å². The number of halogens is 3. The lowest BCUT2D eigenvalue weighted by Crippen LogP contribution is -2.21. The molecule has 0 aromatic carbocycles. The zero-order valence-electron chi connectivity index (χ0n) is 9.63. The van der Waals surface area contributed by atoms with E-state index in [1.165, 1.54) is 6.20 Å². The van der Waals surface area contributed by atoms with Crippen molar-refractivity contribution in [2.75, 3.05) is 6.61 Å². The van der Waals surface area contributed by atoms with Crippen LogP contribution in [0.25, 0.3) is 0 Å². The number of aromatic amines is 1. The Morgan fingerprint density at radius 3 is 2.72 bits per heavy atom. The third-order valence-electron chi connectivity index (χ3n) is 2.27. The highest BCUT2D eigenvalue weighted by Crippen LogP contribution is 2.19. The van der Waals surface area contributed by atoms with E-state index in [0.717, 1.165) is 0 Å². The number of nitrogens with one attached hydrogen (secondary N) is 1. The lowest BCUT2D eigenvalue weighted by atomic mass is 10.1. The predicted octanol–water partition coefficient (Wildman–Crippen LogP) is 2.16. The standard InChI is InChI=1S/C11H12ClF2NO3/c1-2-18-8(16)3-6-5-15-7(4-12)9(10(6)17)11(13)14/h5,11H,2-4H2,1H3,(H,15,17). The van der Waals surface area contributed by atoms with Gasteiger partial charge in [0.25, 0.3) is 6.43 Å². The maximum atomic E-state index is 12.7. The third-order valence-corrected chi connectivity index (χ3v) is 2.54. The van der Waals surface area contributed by atoms with Crippen LogP contribution in [0.2, 0.25) is 0 Å². The van der Waals surface area contributed by atoms with E-state index in [4.69, 9.17) is 11.6 Å². The number of rotatable bonds is 5. The van der Waals surface area contributed by atoms with Gasteiger partial charge >= 0.3 is 5.97 Å². The molecule has 1 aromatic rings. The highest BCUT2D eigenvalue weighted by molar-refractivity contribution is 6.17. The van der Waals surface area contributed by atoms with Gasteiger partial charge in [0.15, 0.2) is 5.43 Å². The summed E-state index contributed by atoms with van der Waals surface area (Å²) >= 11 is 5.46. The number of pyridine rings is 1. The highest BCUT2D eigenvalue weighted by atomic mass is 35.5. The summed E-state index contributed by atoms with van der Waals surface area (Å²) in [6.45, 7) is 1.78. The highest BCUT2D eigenvalue weighted by Gasteiger charge is 2.20. The van der Waals surface area contributed by atoms with Crippen molar-refractivity contribution in [2.45, 2.75) is 25.7 Å². The van der Waals surface area contributed by atoms with E-state index in [0.29, 0.717) is 0 Å². The molecule has 1 rings (SSSR count). The summed E-state index contributed by atoms with van der Waals surface area (Å²) in [6.07, 6.45) is -2.07. The molecule has 1 aromatic heterocycles. The average Bonchev–Trinajstić information content (AvgIpc) is 2.31. The summed E-state index contributed by atoms with van der Waals surface area (Å²) in [4.78, 5) is 25.5. The Morgan fingerprint density at radius 1 is 1.56 bits per heavy atom. The molecule has 0 aliphatic rings. The van der Waals surface area contributed by atoms with E-state index in [1.807, 2.05) is 0 Å². The van der Waals surface area contributed by atoms with Gasteiger partial charge in [0.2, 0.25) is 0 Å². The van der Waals surface area contributed by atoms with Gasteiger partial charge in [0.05, 0.1) is 24.5 Å². The number of H-pyrrole nitrogens is 1. The van der Waals surface area contributed by atoms with Crippen molar-refractivity contribution < 1.29 is 18.3 Å². The maximum absolute atomic E-state index is 12.7. The van der Waals surface area contributed by atoms with Crippen molar-refractivity contribution in [3.8, 4) is 0 Å². The maximum Gasteiger partial charge on any atom is 0.310 e. The number of hydrogen-bond donors (Lipinski definition) is 1. The van der Waals surface area contributed by atoms with Gasteiger partial charge in [0, 0.05) is 17.5 Å². The first-order valence-corrected chi connectivity index (χ1v) is 5.77. The minimum absolute atomic E-state index is 0.0377. The molecule has 0 atom stereocenters. The van der Waals surface area contributed by atoms with Gasteiger partial charge in [-0.1, -0.05) is 0 Å². The minimum Gasteiger partial charge on any atom is -0.466 e. The number of ether oxygens (including phenoxy) is 1. The molecule has 0 bridgehead atoms. The first-order valence-electron chi connectivity index (χ1n) is 5.24. The Labute approximate surface area is 107 Å². The van der Waals surface area contributed by atoms with Crippen molar-refractivity contribution in [1.82, 2.24) is 4.98 Å². The van der Waals surface area contributed by atoms with Crippen LogP contribution < -0.4 is 5.43 Å². The molecule has 0 radical (unpaired) electrons. The number of carbonyl (C=O) groups is 1. The molecular formula is C11H12ClF2NO3. The lowest BCUT2D eigenvalue weighted by molar-refractivity contribution is -0.142. The van der Waals surface area contributed by atoms with Crippen molar-refractivity contribution in [1.29, 1.82) is 0 Å². The van der Waals surface area contributed by atoms with E-state index in [2.05, 4.69) is 9.72 Å². The first-order chi connectivity index (χ1) is 8.51. The predicted molar refractivity (Wildman–Crippen MR) is 61.9 cm³/mol. The molecule has 100 valence electrons. The second kappa shape index (κ2) is 6.49. The van der Waals surface area contributed by atoms with Gasteiger partial charge < -0.3 is 9.72 Å². The number of esters is 1. The van der Waals surface area contributed by atoms with Crippen LogP contribution in [0, 0.1) is 0 Å². The first kappa shape index (κ1) is 14.6. The molecule has 0 amide bonds. The second-order valence-electron chi connectivity index (χ2n) is 3.45. The van der Waals surface area contributed by atoms with Crippen LogP contribution in [0.15, 0.2) is 11.0 Å². The number of alkyl halides is 3. The Hall–Kier alpha value is -1.43. The number of aromatic nitrogens is 1. The molecule has 7 heteroatoms. The van der Waals surface area contributed by atoms with Crippen LogP contribution in [0.4, 0.5) is 8.78 Å². The molecule has 4 nitrogen and oxygen atoms in total.